The van der Waals surface area contributed by atoms with E-state index in [1.165, 1.54) is 6.26 Å². The first-order valence-corrected chi connectivity index (χ1v) is 8.13. The monoisotopic (exact) mass is 394 g/mol. The van der Waals surface area contributed by atoms with Crippen molar-refractivity contribution in [1.82, 2.24) is 5.32 Å². The molecule has 0 aliphatic rings. The van der Waals surface area contributed by atoms with Gasteiger partial charge in [-0.15, -0.1) is 0 Å². The Labute approximate surface area is 148 Å². The van der Waals surface area contributed by atoms with Crippen LogP contribution in [0.3, 0.4) is 0 Å². The molecule has 0 aliphatic carbocycles. The van der Waals surface area contributed by atoms with Gasteiger partial charge >= 0.3 is 6.09 Å². The van der Waals surface area contributed by atoms with Gasteiger partial charge in [-0.05, 0) is 45.0 Å². The smallest absolute Gasteiger partial charge is 0.408 e. The van der Waals surface area contributed by atoms with E-state index in [0.717, 1.165) is 4.47 Å². The molecular weight excluding hydrogens is 376 g/mol. The summed E-state index contributed by atoms with van der Waals surface area (Å²) in [6.07, 6.45) is 0.804. The number of benzene rings is 1. The molecule has 6 nitrogen and oxygen atoms in total. The summed E-state index contributed by atoms with van der Waals surface area (Å²) in [4.78, 5) is 23.8. The van der Waals surface area contributed by atoms with Gasteiger partial charge in [0.05, 0.1) is 12.1 Å². The number of alkyl carbamates (subject to hydrolysis) is 1. The molecule has 0 saturated heterocycles. The van der Waals surface area contributed by atoms with E-state index in [9.17, 15) is 9.59 Å². The lowest BCUT2D eigenvalue weighted by Crippen LogP contribution is -2.32. The zero-order valence-electron chi connectivity index (χ0n) is 13.7. The predicted molar refractivity (Wildman–Crippen MR) is 93.9 cm³/mol. The maximum absolute atomic E-state index is 12.2. The molecule has 1 aromatic heterocycles. The Hall–Kier alpha value is -2.28. The van der Waals surface area contributed by atoms with E-state index in [0.29, 0.717) is 17.0 Å². The summed E-state index contributed by atoms with van der Waals surface area (Å²) in [6, 6.07) is 8.85. The summed E-state index contributed by atoms with van der Waals surface area (Å²) in [6.45, 7) is 5.48. The van der Waals surface area contributed by atoms with Crippen LogP contribution in [0.25, 0.3) is 0 Å². The first-order valence-electron chi connectivity index (χ1n) is 7.34. The molecular formula is C17H19BrN2O4. The average molecular weight is 395 g/mol. The van der Waals surface area contributed by atoms with E-state index < -0.39 is 11.7 Å². The van der Waals surface area contributed by atoms with E-state index in [2.05, 4.69) is 26.6 Å². The number of ether oxygens (including phenoxy) is 1. The zero-order valence-corrected chi connectivity index (χ0v) is 15.3. The van der Waals surface area contributed by atoms with E-state index in [-0.39, 0.29) is 12.5 Å². The van der Waals surface area contributed by atoms with Crippen LogP contribution in [0.4, 0.5) is 10.5 Å². The van der Waals surface area contributed by atoms with Crippen molar-refractivity contribution in [3.8, 4) is 0 Å². The lowest BCUT2D eigenvalue weighted by atomic mass is 10.2. The second-order valence-electron chi connectivity index (χ2n) is 6.12. The Morgan fingerprint density at radius 1 is 1.25 bits per heavy atom. The highest BCUT2D eigenvalue weighted by Crippen LogP contribution is 2.17. The second kappa shape index (κ2) is 7.53. The van der Waals surface area contributed by atoms with Crippen molar-refractivity contribution in [1.29, 1.82) is 0 Å². The quantitative estimate of drug-likeness (QED) is 0.808. The Morgan fingerprint density at radius 3 is 2.67 bits per heavy atom. The fourth-order valence-electron chi connectivity index (χ4n) is 1.84. The largest absolute Gasteiger partial charge is 0.467 e. The molecule has 0 unspecified atom stereocenters. The molecule has 0 saturated carbocycles. The van der Waals surface area contributed by atoms with Crippen molar-refractivity contribution < 1.29 is 18.7 Å². The van der Waals surface area contributed by atoms with Gasteiger partial charge in [-0.1, -0.05) is 22.0 Å². The maximum atomic E-state index is 12.2. The summed E-state index contributed by atoms with van der Waals surface area (Å²) in [5.74, 6) is 0.167. The molecule has 128 valence electrons. The normalized spacial score (nSPS) is 11.0. The van der Waals surface area contributed by atoms with Crippen molar-refractivity contribution in [2.45, 2.75) is 32.9 Å². The standard InChI is InChI=1S/C17H19BrN2O4/c1-17(2,3)24-16(22)19-9-14-7-11(10-23-14)15(21)20-13-6-4-5-12(18)8-13/h4-8,10H,9H2,1-3H3,(H,19,22)(H,20,21). The van der Waals surface area contributed by atoms with Gasteiger partial charge in [0.15, 0.2) is 0 Å². The van der Waals surface area contributed by atoms with Gasteiger partial charge in [-0.2, -0.15) is 0 Å². The lowest BCUT2D eigenvalue weighted by molar-refractivity contribution is 0.0519. The number of anilines is 1. The minimum Gasteiger partial charge on any atom is -0.467 e. The highest BCUT2D eigenvalue weighted by atomic mass is 79.9. The van der Waals surface area contributed by atoms with Gasteiger partial charge in [0.1, 0.15) is 17.6 Å². The van der Waals surface area contributed by atoms with Crippen molar-refractivity contribution in [2.24, 2.45) is 0 Å². The zero-order chi connectivity index (χ0) is 17.7. The molecule has 2 N–H and O–H groups in total. The fourth-order valence-corrected chi connectivity index (χ4v) is 2.23. The number of hydrogen-bond donors (Lipinski definition) is 2. The Kier molecular flexibility index (Phi) is 5.66. The molecule has 0 spiro atoms. The predicted octanol–water partition coefficient (Wildman–Crippen LogP) is 4.32. The Bertz CT molecular complexity index is 734. The van der Waals surface area contributed by atoms with Gasteiger partial charge in [-0.3, -0.25) is 4.79 Å². The first kappa shape index (κ1) is 18.1. The average Bonchev–Trinajstić information content (AvgIpc) is 2.92. The summed E-state index contributed by atoms with van der Waals surface area (Å²) in [7, 11) is 0. The third-order valence-corrected chi connectivity index (χ3v) is 3.30. The van der Waals surface area contributed by atoms with Gasteiger partial charge in [0.25, 0.3) is 5.91 Å². The molecule has 1 aromatic carbocycles. The molecule has 0 fully saturated rings. The van der Waals surface area contributed by atoms with Crippen LogP contribution in [0.1, 0.15) is 36.9 Å². The number of nitrogens with one attached hydrogen (secondary N) is 2. The second-order valence-corrected chi connectivity index (χ2v) is 7.04. The number of amides is 2. The molecule has 0 atom stereocenters. The van der Waals surface area contributed by atoms with Crippen LogP contribution < -0.4 is 10.6 Å². The summed E-state index contributed by atoms with van der Waals surface area (Å²) < 4.78 is 11.3. The SMILES string of the molecule is CC(C)(C)OC(=O)NCc1cc(C(=O)Nc2cccc(Br)c2)co1. The highest BCUT2D eigenvalue weighted by molar-refractivity contribution is 9.10. The number of carbonyl (C=O) groups excluding carboxylic acids is 2. The molecule has 24 heavy (non-hydrogen) atoms. The van der Waals surface area contributed by atoms with E-state index in [1.54, 1.807) is 39.0 Å². The minimum atomic E-state index is -0.567. The molecule has 7 heteroatoms. The van der Waals surface area contributed by atoms with Crippen LogP contribution in [-0.4, -0.2) is 17.6 Å². The molecule has 2 amide bonds. The molecule has 2 rings (SSSR count). The van der Waals surface area contributed by atoms with Gasteiger partial charge in [-0.25, -0.2) is 4.79 Å². The van der Waals surface area contributed by atoms with Crippen LogP contribution >= 0.6 is 15.9 Å². The molecule has 0 radical (unpaired) electrons. The molecule has 0 aliphatic heterocycles. The maximum Gasteiger partial charge on any atom is 0.408 e. The van der Waals surface area contributed by atoms with Crippen molar-refractivity contribution in [2.75, 3.05) is 5.32 Å². The number of furan rings is 1. The van der Waals surface area contributed by atoms with E-state index >= 15 is 0 Å². The van der Waals surface area contributed by atoms with E-state index in [1.807, 2.05) is 12.1 Å². The minimum absolute atomic E-state index is 0.138. The van der Waals surface area contributed by atoms with Crippen LogP contribution in [-0.2, 0) is 11.3 Å². The summed E-state index contributed by atoms with van der Waals surface area (Å²) in [5, 5.41) is 5.34. The number of hydrogen-bond acceptors (Lipinski definition) is 4. The first-order chi connectivity index (χ1) is 11.2. The Morgan fingerprint density at radius 2 is 2.00 bits per heavy atom. The topological polar surface area (TPSA) is 80.6 Å². The summed E-state index contributed by atoms with van der Waals surface area (Å²) >= 11 is 3.35. The molecule has 1 heterocycles. The van der Waals surface area contributed by atoms with Crippen LogP contribution in [0, 0.1) is 0 Å². The van der Waals surface area contributed by atoms with Gasteiger partial charge in [0, 0.05) is 10.2 Å². The number of rotatable bonds is 4. The third kappa shape index (κ3) is 5.73. The third-order valence-electron chi connectivity index (χ3n) is 2.80. The lowest BCUT2D eigenvalue weighted by Gasteiger charge is -2.19. The van der Waals surface area contributed by atoms with Gasteiger partial charge < -0.3 is 19.8 Å². The van der Waals surface area contributed by atoms with Crippen LogP contribution in [0.15, 0.2) is 45.5 Å². The molecule has 0 bridgehead atoms. The van der Waals surface area contributed by atoms with Crippen molar-refractivity contribution >= 4 is 33.6 Å². The van der Waals surface area contributed by atoms with Crippen LogP contribution in [0.5, 0.6) is 0 Å². The van der Waals surface area contributed by atoms with Crippen molar-refractivity contribution in [3.05, 3.63) is 52.4 Å². The van der Waals surface area contributed by atoms with E-state index in [4.69, 9.17) is 9.15 Å². The number of carbonyl (C=O) groups is 2. The highest BCUT2D eigenvalue weighted by Gasteiger charge is 2.17. The molecule has 2 aromatic rings. The number of halogens is 1. The fraction of sp³-hybridized carbons (Fsp3) is 0.294. The summed E-state index contributed by atoms with van der Waals surface area (Å²) in [5.41, 5.74) is 0.474. The van der Waals surface area contributed by atoms with Crippen LogP contribution in [0.2, 0.25) is 0 Å². The van der Waals surface area contributed by atoms with Crippen molar-refractivity contribution in [3.63, 3.8) is 0 Å². The van der Waals surface area contributed by atoms with Gasteiger partial charge in [0.2, 0.25) is 0 Å². The Balaban J connectivity index is 1.90.